The molecule has 0 saturated heterocycles. The summed E-state index contributed by atoms with van der Waals surface area (Å²) in [5.41, 5.74) is 11.1. The van der Waals surface area contributed by atoms with Crippen LogP contribution in [0.3, 0.4) is 0 Å². The molecule has 0 aromatic carbocycles. The first-order valence-corrected chi connectivity index (χ1v) is 4.50. The zero-order valence-electron chi connectivity index (χ0n) is 5.82. The zero-order chi connectivity index (χ0) is 9.57. The molecule has 0 radical (unpaired) electrons. The van der Waals surface area contributed by atoms with Crippen LogP contribution in [0.15, 0.2) is 22.2 Å². The van der Waals surface area contributed by atoms with Gasteiger partial charge in [-0.2, -0.15) is 0 Å². The molecule has 0 amide bonds. The molecular formula is C6H6Cl4N2. The van der Waals surface area contributed by atoms with Crippen LogP contribution in [0.1, 0.15) is 0 Å². The molecular weight excluding hydrogens is 242 g/mol. The van der Waals surface area contributed by atoms with Gasteiger partial charge in [-0.05, 0) is 12.2 Å². The van der Waals surface area contributed by atoms with Gasteiger partial charge in [0.05, 0.1) is 10.1 Å². The maximum absolute atomic E-state index is 5.78. The summed E-state index contributed by atoms with van der Waals surface area (Å²) in [6, 6.07) is 0. The van der Waals surface area contributed by atoms with Gasteiger partial charge >= 0.3 is 0 Å². The van der Waals surface area contributed by atoms with Crippen LogP contribution in [-0.2, 0) is 0 Å². The smallest absolute Gasteiger partial charge is 0.147 e. The van der Waals surface area contributed by atoms with Gasteiger partial charge in [0, 0.05) is 0 Å². The number of rotatable bonds is 0. The van der Waals surface area contributed by atoms with Crippen molar-refractivity contribution in [3.8, 4) is 0 Å². The molecule has 68 valence electrons. The highest BCUT2D eigenvalue weighted by atomic mass is 35.5. The Bertz CT molecular complexity index is 239. The van der Waals surface area contributed by atoms with Crippen LogP contribution in [0.25, 0.3) is 0 Å². The molecule has 1 aliphatic carbocycles. The molecule has 4 N–H and O–H groups in total. The number of allylic oxidation sites excluding steroid dienone is 2. The Morgan fingerprint density at radius 2 is 1.17 bits per heavy atom. The topological polar surface area (TPSA) is 52.0 Å². The summed E-state index contributed by atoms with van der Waals surface area (Å²) in [6.45, 7) is 0. The highest BCUT2D eigenvalue weighted by Crippen LogP contribution is 2.39. The molecule has 0 aromatic heterocycles. The van der Waals surface area contributed by atoms with Gasteiger partial charge in [0.2, 0.25) is 0 Å². The lowest BCUT2D eigenvalue weighted by Gasteiger charge is -2.34. The van der Waals surface area contributed by atoms with Crippen molar-refractivity contribution in [3.63, 3.8) is 0 Å². The fourth-order valence-electron chi connectivity index (χ4n) is 0.728. The second-order valence-corrected chi connectivity index (χ2v) is 4.59. The van der Waals surface area contributed by atoms with Crippen LogP contribution in [0.4, 0.5) is 0 Å². The molecule has 6 heteroatoms. The fraction of sp³-hybridized carbons (Fsp3) is 0.333. The average Bonchev–Trinajstić information content (AvgIpc) is 1.82. The Morgan fingerprint density at radius 1 is 0.917 bits per heavy atom. The van der Waals surface area contributed by atoms with Crippen molar-refractivity contribution in [3.05, 3.63) is 22.2 Å². The summed E-state index contributed by atoms with van der Waals surface area (Å²) < 4.78 is 0. The molecule has 0 aliphatic heterocycles. The van der Waals surface area contributed by atoms with Gasteiger partial charge in [0.1, 0.15) is 10.00 Å². The number of alkyl halides is 2. The molecule has 0 saturated carbocycles. The monoisotopic (exact) mass is 246 g/mol. The molecule has 12 heavy (non-hydrogen) atoms. The van der Waals surface area contributed by atoms with E-state index in [2.05, 4.69) is 0 Å². The minimum Gasteiger partial charge on any atom is -0.307 e. The lowest BCUT2D eigenvalue weighted by atomic mass is 10.0. The van der Waals surface area contributed by atoms with Crippen molar-refractivity contribution in [1.82, 2.24) is 0 Å². The maximum atomic E-state index is 5.78. The van der Waals surface area contributed by atoms with E-state index in [0.29, 0.717) is 0 Å². The van der Waals surface area contributed by atoms with E-state index in [1.807, 2.05) is 0 Å². The first kappa shape index (κ1) is 10.6. The van der Waals surface area contributed by atoms with E-state index in [0.717, 1.165) is 0 Å². The third-order valence-electron chi connectivity index (χ3n) is 1.49. The minimum atomic E-state index is -1.41. The van der Waals surface area contributed by atoms with Gasteiger partial charge in [-0.1, -0.05) is 46.4 Å². The SMILES string of the molecule is NC1(Cl)C=C(Cl)C(Cl)=CC1(N)Cl. The summed E-state index contributed by atoms with van der Waals surface area (Å²) in [6.07, 6.45) is 2.62. The summed E-state index contributed by atoms with van der Waals surface area (Å²) >= 11 is 22.9. The fourth-order valence-corrected chi connectivity index (χ4v) is 1.62. The number of hydrogen-bond donors (Lipinski definition) is 2. The van der Waals surface area contributed by atoms with Crippen LogP contribution in [0.5, 0.6) is 0 Å². The number of hydrogen-bond acceptors (Lipinski definition) is 2. The lowest BCUT2D eigenvalue weighted by molar-refractivity contribution is 0.574. The highest BCUT2D eigenvalue weighted by molar-refractivity contribution is 6.46. The Kier molecular flexibility index (Phi) is 2.70. The first-order chi connectivity index (χ1) is 5.26. The van der Waals surface area contributed by atoms with Crippen molar-refractivity contribution < 1.29 is 0 Å². The van der Waals surface area contributed by atoms with Gasteiger partial charge < -0.3 is 11.5 Å². The predicted molar refractivity (Wildman–Crippen MR) is 53.4 cm³/mol. The van der Waals surface area contributed by atoms with E-state index in [1.54, 1.807) is 0 Å². The molecule has 0 spiro atoms. The number of halogens is 4. The van der Waals surface area contributed by atoms with E-state index < -0.39 is 10.00 Å². The van der Waals surface area contributed by atoms with Crippen LogP contribution in [0.2, 0.25) is 0 Å². The molecule has 0 fully saturated rings. The normalized spacial score (nSPS) is 42.2. The van der Waals surface area contributed by atoms with Crippen molar-refractivity contribution in [2.24, 2.45) is 11.5 Å². The maximum Gasteiger partial charge on any atom is 0.147 e. The van der Waals surface area contributed by atoms with Gasteiger partial charge in [0.25, 0.3) is 0 Å². The van der Waals surface area contributed by atoms with E-state index >= 15 is 0 Å². The van der Waals surface area contributed by atoms with Crippen LogP contribution in [-0.4, -0.2) is 10.00 Å². The van der Waals surface area contributed by atoms with Crippen molar-refractivity contribution in [2.75, 3.05) is 0 Å². The third kappa shape index (κ3) is 1.74. The molecule has 0 heterocycles. The van der Waals surface area contributed by atoms with Gasteiger partial charge in [-0.25, -0.2) is 0 Å². The Labute approximate surface area is 90.1 Å². The van der Waals surface area contributed by atoms with Crippen LogP contribution < -0.4 is 11.5 Å². The molecule has 2 atom stereocenters. The van der Waals surface area contributed by atoms with Crippen molar-refractivity contribution in [2.45, 2.75) is 10.00 Å². The molecule has 1 aliphatic rings. The Hall–Kier alpha value is 0.560. The molecule has 2 nitrogen and oxygen atoms in total. The molecule has 1 rings (SSSR count). The van der Waals surface area contributed by atoms with Crippen LogP contribution >= 0.6 is 46.4 Å². The molecule has 2 unspecified atom stereocenters. The predicted octanol–water partition coefficient (Wildman–Crippen LogP) is 2.03. The second kappa shape index (κ2) is 3.05. The average molecular weight is 248 g/mol. The first-order valence-electron chi connectivity index (χ1n) is 2.99. The van der Waals surface area contributed by atoms with E-state index in [-0.39, 0.29) is 10.1 Å². The minimum absolute atomic E-state index is 0.246. The summed E-state index contributed by atoms with van der Waals surface area (Å²) in [7, 11) is 0. The van der Waals surface area contributed by atoms with E-state index in [1.165, 1.54) is 12.2 Å². The summed E-state index contributed by atoms with van der Waals surface area (Å²) in [5, 5.41) is 0.492. The molecule has 0 aromatic rings. The molecule has 0 bridgehead atoms. The quantitative estimate of drug-likeness (QED) is 0.509. The van der Waals surface area contributed by atoms with Crippen LogP contribution in [0, 0.1) is 0 Å². The lowest BCUT2D eigenvalue weighted by Crippen LogP contribution is -2.57. The van der Waals surface area contributed by atoms with Gasteiger partial charge in [-0.3, -0.25) is 0 Å². The summed E-state index contributed by atoms with van der Waals surface area (Å²) in [5.74, 6) is 0. The van der Waals surface area contributed by atoms with E-state index in [4.69, 9.17) is 57.9 Å². The Balaban J connectivity index is 3.15. The largest absolute Gasteiger partial charge is 0.307 e. The van der Waals surface area contributed by atoms with Gasteiger partial charge in [0.15, 0.2) is 0 Å². The number of nitrogens with two attached hydrogens (primary N) is 2. The van der Waals surface area contributed by atoms with Crippen molar-refractivity contribution in [1.29, 1.82) is 0 Å². The van der Waals surface area contributed by atoms with Crippen molar-refractivity contribution >= 4 is 46.4 Å². The van der Waals surface area contributed by atoms with Gasteiger partial charge in [-0.15, -0.1) is 0 Å². The second-order valence-electron chi connectivity index (χ2n) is 2.52. The highest BCUT2D eigenvalue weighted by Gasteiger charge is 2.43. The Morgan fingerprint density at radius 3 is 1.42 bits per heavy atom. The zero-order valence-corrected chi connectivity index (χ0v) is 8.84. The summed E-state index contributed by atoms with van der Waals surface area (Å²) in [4.78, 5) is -2.83. The van der Waals surface area contributed by atoms with E-state index in [9.17, 15) is 0 Å². The standard InChI is InChI=1S/C6H6Cl4N2/c7-3-1-5(9,11)6(10,12)2-4(3)8/h1-2H,11-12H2. The third-order valence-corrected chi connectivity index (χ3v) is 3.15.